The van der Waals surface area contributed by atoms with Crippen LogP contribution in [-0.4, -0.2) is 11.9 Å². The third-order valence-corrected chi connectivity index (χ3v) is 16.6. The molecule has 0 aromatic heterocycles. The zero-order chi connectivity index (χ0) is 54.3. The molecule has 0 radical (unpaired) electrons. The van der Waals surface area contributed by atoms with E-state index in [-0.39, 0.29) is 10.8 Å². The highest BCUT2D eigenvalue weighted by atomic mass is 16.5. The molecule has 6 nitrogen and oxygen atoms in total. The Morgan fingerprint density at radius 3 is 1.42 bits per heavy atom. The molecule has 9 aromatic carbocycles. The summed E-state index contributed by atoms with van der Waals surface area (Å²) in [6.45, 7) is 26.0. The molecule has 0 bridgehead atoms. The van der Waals surface area contributed by atoms with E-state index in [4.69, 9.17) is 16.1 Å². The second-order valence-corrected chi connectivity index (χ2v) is 22.1. The molecule has 0 spiro atoms. The number of nitrogens with zero attached hydrogens (tertiary/aromatic N) is 2. The van der Waals surface area contributed by atoms with E-state index >= 15 is 0 Å². The molecule has 382 valence electrons. The van der Waals surface area contributed by atoms with E-state index in [0.29, 0.717) is 11.5 Å². The lowest BCUT2D eigenvalue weighted by Crippen LogP contribution is -2.23. The number of esters is 2. The summed E-state index contributed by atoms with van der Waals surface area (Å²) in [4.78, 5) is 30.0. The topological polar surface area (TPSA) is 59.1 Å². The quantitative estimate of drug-likeness (QED) is 0.0773. The number of allylic oxidation sites excluding steroid dienone is 4. The van der Waals surface area contributed by atoms with Gasteiger partial charge in [0.05, 0.1) is 11.4 Å². The summed E-state index contributed by atoms with van der Waals surface area (Å²) in [5, 5.41) is 3.26. The molecule has 6 heteroatoms. The highest BCUT2D eigenvalue weighted by Gasteiger charge is 2.39. The van der Waals surface area contributed by atoms with Crippen molar-refractivity contribution in [3.05, 3.63) is 271 Å². The van der Waals surface area contributed by atoms with Crippen molar-refractivity contribution in [3.8, 4) is 33.8 Å². The first-order valence-corrected chi connectivity index (χ1v) is 26.6. The molecule has 0 atom stereocenters. The van der Waals surface area contributed by atoms with E-state index in [1.165, 1.54) is 62.2 Å². The molecule has 0 aliphatic heterocycles. The van der Waals surface area contributed by atoms with Crippen LogP contribution >= 0.6 is 0 Å². The number of fused-ring (bicyclic) bond motifs is 9. The maximum atomic E-state index is 12.6. The minimum atomic E-state index is -0.539. The Hall–Kier alpha value is -9.26. The van der Waals surface area contributed by atoms with Crippen LogP contribution in [0.2, 0.25) is 0 Å². The van der Waals surface area contributed by atoms with E-state index in [9.17, 15) is 9.59 Å². The van der Waals surface area contributed by atoms with Crippen LogP contribution in [0.25, 0.3) is 43.8 Å². The molecule has 0 saturated heterocycles. The van der Waals surface area contributed by atoms with Gasteiger partial charge in [-0.1, -0.05) is 183 Å². The van der Waals surface area contributed by atoms with Crippen molar-refractivity contribution in [3.63, 3.8) is 0 Å². The Kier molecular flexibility index (Phi) is 11.9. The lowest BCUT2D eigenvalue weighted by atomic mass is 9.75. The highest BCUT2D eigenvalue weighted by molar-refractivity contribution is 6.08. The van der Waals surface area contributed by atoms with Crippen LogP contribution in [0.3, 0.4) is 0 Å². The number of carbonyl (C=O) groups is 2. The summed E-state index contributed by atoms with van der Waals surface area (Å²) in [7, 11) is 0. The SMILES string of the molecule is C=CC(=O)Oc1cccc2c(N(c3ccc4c(c3)C(C)(C)c3cc(N(C5=C/C(=C)C(C)(C)c6ccccc6C/C=C\5)c5ccc6c(c5)C(C)(C)c5ccccc5-6)ccc3-4)c3cccc4c(OC(=O)C=C)cccc34)cccc12. The van der Waals surface area contributed by atoms with Gasteiger partial charge in [0.1, 0.15) is 11.5 Å². The van der Waals surface area contributed by atoms with Crippen LogP contribution in [0, 0.1) is 0 Å². The van der Waals surface area contributed by atoms with E-state index < -0.39 is 17.4 Å². The van der Waals surface area contributed by atoms with Crippen LogP contribution in [0.15, 0.2) is 237 Å². The van der Waals surface area contributed by atoms with E-state index in [2.05, 4.69) is 198 Å². The minimum Gasteiger partial charge on any atom is -0.423 e. The first kappa shape index (κ1) is 49.6. The molecule has 3 aliphatic rings. The zero-order valence-corrected chi connectivity index (χ0v) is 45.0. The average Bonchev–Trinajstić information content (AvgIpc) is 4.04. The molecule has 3 aliphatic carbocycles. The smallest absolute Gasteiger partial charge is 0.335 e. The van der Waals surface area contributed by atoms with E-state index in [1.807, 2.05) is 48.5 Å². The molecule has 0 heterocycles. The summed E-state index contributed by atoms with van der Waals surface area (Å²) >= 11 is 0. The summed E-state index contributed by atoms with van der Waals surface area (Å²) in [5.41, 5.74) is 18.4. The van der Waals surface area contributed by atoms with Crippen molar-refractivity contribution in [1.29, 1.82) is 0 Å². The first-order valence-electron chi connectivity index (χ1n) is 26.6. The van der Waals surface area contributed by atoms with Crippen molar-refractivity contribution >= 4 is 61.9 Å². The lowest BCUT2D eigenvalue weighted by molar-refractivity contribution is -0.129. The Morgan fingerprint density at radius 2 is 0.897 bits per heavy atom. The lowest BCUT2D eigenvalue weighted by Gasteiger charge is -2.32. The van der Waals surface area contributed by atoms with Crippen molar-refractivity contribution in [2.24, 2.45) is 0 Å². The van der Waals surface area contributed by atoms with Crippen molar-refractivity contribution < 1.29 is 19.1 Å². The van der Waals surface area contributed by atoms with Crippen LogP contribution in [-0.2, 0) is 32.3 Å². The first-order chi connectivity index (χ1) is 37.6. The molecule has 78 heavy (non-hydrogen) atoms. The molecule has 12 rings (SSSR count). The molecule has 0 N–H and O–H groups in total. The number of hydrogen-bond donors (Lipinski definition) is 0. The monoisotopic (exact) mass is 1020 g/mol. The molecule has 9 aromatic rings. The fourth-order valence-electron chi connectivity index (χ4n) is 12.4. The highest BCUT2D eigenvalue weighted by Crippen LogP contribution is 2.55. The van der Waals surface area contributed by atoms with Crippen LogP contribution in [0.4, 0.5) is 28.4 Å². The summed E-state index contributed by atoms with van der Waals surface area (Å²) in [5.74, 6) is -0.218. The van der Waals surface area contributed by atoms with Gasteiger partial charge in [-0.3, -0.25) is 0 Å². The maximum Gasteiger partial charge on any atom is 0.335 e. The number of rotatable bonds is 10. The van der Waals surface area contributed by atoms with Crippen LogP contribution in [0.1, 0.15) is 74.9 Å². The largest absolute Gasteiger partial charge is 0.423 e. The number of anilines is 5. The van der Waals surface area contributed by atoms with E-state index in [1.54, 1.807) is 12.1 Å². The van der Waals surface area contributed by atoms with Gasteiger partial charge in [0.25, 0.3) is 0 Å². The predicted molar refractivity (Wildman–Crippen MR) is 321 cm³/mol. The number of benzene rings is 9. The normalized spacial score (nSPS) is 16.1. The molecule has 0 unspecified atom stereocenters. The Bertz CT molecular complexity index is 4000. The van der Waals surface area contributed by atoms with Gasteiger partial charge in [0.2, 0.25) is 0 Å². The fourth-order valence-corrected chi connectivity index (χ4v) is 12.4. The molecule has 0 fully saturated rings. The number of ether oxygens (including phenoxy) is 2. The number of carbonyl (C=O) groups excluding carboxylic acids is 2. The van der Waals surface area contributed by atoms with Gasteiger partial charge in [0, 0.05) is 72.7 Å². The summed E-state index contributed by atoms with van der Waals surface area (Å²) in [6.07, 6.45) is 10.0. The van der Waals surface area contributed by atoms with Gasteiger partial charge < -0.3 is 19.3 Å². The van der Waals surface area contributed by atoms with Crippen LogP contribution in [0.5, 0.6) is 11.5 Å². The molecular formula is C72H60N2O4. The molecule has 0 amide bonds. The maximum absolute atomic E-state index is 12.6. The van der Waals surface area contributed by atoms with Gasteiger partial charge >= 0.3 is 11.9 Å². The van der Waals surface area contributed by atoms with Gasteiger partial charge in [-0.05, 0) is 140 Å². The summed E-state index contributed by atoms with van der Waals surface area (Å²) in [6, 6.07) is 61.9. The van der Waals surface area contributed by atoms with Crippen molar-refractivity contribution in [2.45, 2.75) is 64.2 Å². The third kappa shape index (κ3) is 8.01. The van der Waals surface area contributed by atoms with Gasteiger partial charge in [0.15, 0.2) is 0 Å². The van der Waals surface area contributed by atoms with Gasteiger partial charge in [-0.15, -0.1) is 0 Å². The van der Waals surface area contributed by atoms with Crippen molar-refractivity contribution in [1.82, 2.24) is 0 Å². The standard InChI is InChI=1S/C72H60N2O4/c1-10-68(75)77-66-33-19-25-55-57(66)27-17-31-64(55)74(65-32-18-28-58-56(65)26-20-34-67(58)78-69(76)11-2)50-37-40-54-53-39-36-49(43-62(53)72(8,9)63(54)44-50)73(47-23-16-22-46-21-12-14-29-59(46)70(4,5)45(3)41-47)48-35-38-52-51-24-13-15-30-60(51)71(6,7)61(52)42-48/h10-21,23-44H,1-3,22H2,4-9H3/b23-16-,47-41+. The van der Waals surface area contributed by atoms with Crippen LogP contribution < -0.4 is 19.3 Å². The second kappa shape index (κ2) is 18.8. The minimum absolute atomic E-state index is 0.198. The number of hydrogen-bond acceptors (Lipinski definition) is 6. The fraction of sp³-hybridized carbons (Fsp3) is 0.139. The third-order valence-electron chi connectivity index (χ3n) is 16.6. The summed E-state index contributed by atoms with van der Waals surface area (Å²) < 4.78 is 11.6. The van der Waals surface area contributed by atoms with Gasteiger partial charge in [-0.2, -0.15) is 0 Å². The van der Waals surface area contributed by atoms with E-state index in [0.717, 1.165) is 73.2 Å². The molecule has 0 saturated carbocycles. The zero-order valence-electron chi connectivity index (χ0n) is 45.0. The van der Waals surface area contributed by atoms with Gasteiger partial charge in [-0.25, -0.2) is 9.59 Å². The Balaban J connectivity index is 1.02. The van der Waals surface area contributed by atoms with Crippen molar-refractivity contribution in [2.75, 3.05) is 9.80 Å². The second-order valence-electron chi connectivity index (χ2n) is 22.1. The molecular weight excluding hydrogens is 957 g/mol. The Morgan fingerprint density at radius 1 is 0.462 bits per heavy atom. The Labute approximate surface area is 457 Å². The predicted octanol–water partition coefficient (Wildman–Crippen LogP) is 17.9. The average molecular weight is 1020 g/mol.